The van der Waals surface area contributed by atoms with E-state index in [4.69, 9.17) is 9.47 Å². The fourth-order valence-corrected chi connectivity index (χ4v) is 3.91. The number of fused-ring (bicyclic) bond motifs is 1. The number of amides is 1. The van der Waals surface area contributed by atoms with Crippen LogP contribution in [0.2, 0.25) is 0 Å². The molecule has 1 amide bonds. The molecule has 1 saturated heterocycles. The summed E-state index contributed by atoms with van der Waals surface area (Å²) in [5.74, 6) is 1.54. The van der Waals surface area contributed by atoms with Crippen LogP contribution in [0.4, 0.5) is 10.8 Å². The predicted octanol–water partition coefficient (Wildman–Crippen LogP) is 3.39. The smallest absolute Gasteiger partial charge is 0.231 e. The first-order chi connectivity index (χ1) is 12.7. The molecule has 0 bridgehead atoms. The molecule has 0 spiro atoms. The van der Waals surface area contributed by atoms with Gasteiger partial charge in [-0.1, -0.05) is 17.4 Å². The zero-order valence-electron chi connectivity index (χ0n) is 14.6. The van der Waals surface area contributed by atoms with Crippen molar-refractivity contribution in [3.05, 3.63) is 42.5 Å². The van der Waals surface area contributed by atoms with Crippen LogP contribution in [0.25, 0.3) is 10.2 Å². The number of nitrogens with one attached hydrogen (secondary N) is 1. The molecule has 7 heteroatoms. The van der Waals surface area contributed by atoms with E-state index in [0.717, 1.165) is 32.5 Å². The van der Waals surface area contributed by atoms with Crippen molar-refractivity contribution in [3.63, 3.8) is 0 Å². The molecule has 1 aromatic heterocycles. The molecule has 0 atom stereocenters. The number of nitrogens with zero attached hydrogens (tertiary/aromatic N) is 2. The molecule has 1 N–H and O–H groups in total. The van der Waals surface area contributed by atoms with Gasteiger partial charge in [0.05, 0.1) is 30.4 Å². The Morgan fingerprint density at radius 1 is 1.15 bits per heavy atom. The number of ether oxygens (including phenoxy) is 2. The zero-order chi connectivity index (χ0) is 18.1. The van der Waals surface area contributed by atoms with E-state index in [-0.39, 0.29) is 11.8 Å². The van der Waals surface area contributed by atoms with Crippen molar-refractivity contribution in [1.82, 2.24) is 4.98 Å². The molecule has 26 heavy (non-hydrogen) atoms. The van der Waals surface area contributed by atoms with Gasteiger partial charge in [-0.05, 0) is 30.3 Å². The van der Waals surface area contributed by atoms with E-state index in [2.05, 4.69) is 15.2 Å². The molecular weight excluding hydrogens is 350 g/mol. The summed E-state index contributed by atoms with van der Waals surface area (Å²) < 4.78 is 11.5. The lowest BCUT2D eigenvalue weighted by Crippen LogP contribution is -2.52. The minimum Gasteiger partial charge on any atom is -0.497 e. The van der Waals surface area contributed by atoms with E-state index in [1.165, 1.54) is 0 Å². The number of hydrogen-bond acceptors (Lipinski definition) is 6. The largest absolute Gasteiger partial charge is 0.497 e. The monoisotopic (exact) mass is 369 g/mol. The maximum Gasteiger partial charge on any atom is 0.231 e. The SMILES string of the molecule is COc1cccc(NC(=O)C2CN(c3nc4ccc(OC)cc4s3)C2)c1. The van der Waals surface area contributed by atoms with E-state index in [9.17, 15) is 4.79 Å². The Bertz CT molecular complexity index is 950. The molecule has 0 unspecified atom stereocenters. The van der Waals surface area contributed by atoms with Gasteiger partial charge in [-0.2, -0.15) is 0 Å². The fourth-order valence-electron chi connectivity index (χ4n) is 2.90. The van der Waals surface area contributed by atoms with E-state index in [1.54, 1.807) is 25.6 Å². The molecule has 1 aliphatic rings. The minimum atomic E-state index is -0.0391. The molecule has 2 heterocycles. The number of hydrogen-bond donors (Lipinski definition) is 1. The van der Waals surface area contributed by atoms with Gasteiger partial charge in [-0.15, -0.1) is 0 Å². The third kappa shape index (κ3) is 3.17. The van der Waals surface area contributed by atoms with Crippen LogP contribution in [0, 0.1) is 5.92 Å². The maximum atomic E-state index is 12.4. The summed E-state index contributed by atoms with van der Waals surface area (Å²) in [4.78, 5) is 19.2. The lowest BCUT2D eigenvalue weighted by molar-refractivity contribution is -0.120. The van der Waals surface area contributed by atoms with E-state index >= 15 is 0 Å². The van der Waals surface area contributed by atoms with Crippen LogP contribution in [-0.4, -0.2) is 38.2 Å². The van der Waals surface area contributed by atoms with Crippen molar-refractivity contribution in [2.45, 2.75) is 0 Å². The molecule has 134 valence electrons. The van der Waals surface area contributed by atoms with Gasteiger partial charge in [0, 0.05) is 24.8 Å². The molecule has 0 radical (unpaired) electrons. The van der Waals surface area contributed by atoms with Gasteiger partial charge >= 0.3 is 0 Å². The van der Waals surface area contributed by atoms with Crippen LogP contribution in [-0.2, 0) is 4.79 Å². The second-order valence-electron chi connectivity index (χ2n) is 6.15. The van der Waals surface area contributed by atoms with Crippen molar-refractivity contribution >= 4 is 38.3 Å². The molecular formula is C19H19N3O3S. The normalized spacial score (nSPS) is 14.2. The van der Waals surface area contributed by atoms with Gasteiger partial charge < -0.3 is 19.7 Å². The highest BCUT2D eigenvalue weighted by molar-refractivity contribution is 7.22. The van der Waals surface area contributed by atoms with Gasteiger partial charge in [0.15, 0.2) is 5.13 Å². The second-order valence-corrected chi connectivity index (χ2v) is 7.16. The van der Waals surface area contributed by atoms with Crippen molar-refractivity contribution in [3.8, 4) is 11.5 Å². The summed E-state index contributed by atoms with van der Waals surface area (Å²) >= 11 is 1.62. The topological polar surface area (TPSA) is 63.7 Å². The van der Waals surface area contributed by atoms with Crippen molar-refractivity contribution < 1.29 is 14.3 Å². The minimum absolute atomic E-state index is 0.0253. The highest BCUT2D eigenvalue weighted by atomic mass is 32.1. The Balaban J connectivity index is 1.39. The average molecular weight is 369 g/mol. The number of carbonyl (C=O) groups is 1. The summed E-state index contributed by atoms with van der Waals surface area (Å²) in [5, 5.41) is 3.90. The summed E-state index contributed by atoms with van der Waals surface area (Å²) in [7, 11) is 3.27. The van der Waals surface area contributed by atoms with Crippen LogP contribution in [0.1, 0.15) is 0 Å². The van der Waals surface area contributed by atoms with E-state index < -0.39 is 0 Å². The lowest BCUT2D eigenvalue weighted by Gasteiger charge is -2.37. The Morgan fingerprint density at radius 2 is 1.92 bits per heavy atom. The summed E-state index contributed by atoms with van der Waals surface area (Å²) in [6.45, 7) is 1.35. The molecule has 1 fully saturated rings. The molecule has 0 aliphatic carbocycles. The Hall–Kier alpha value is -2.80. The van der Waals surface area contributed by atoms with Gasteiger partial charge in [-0.25, -0.2) is 4.98 Å². The highest BCUT2D eigenvalue weighted by Crippen LogP contribution is 2.34. The summed E-state index contributed by atoms with van der Waals surface area (Å²) in [6, 6.07) is 13.2. The van der Waals surface area contributed by atoms with Crippen molar-refractivity contribution in [2.24, 2.45) is 5.92 Å². The van der Waals surface area contributed by atoms with Crippen LogP contribution in [0.5, 0.6) is 11.5 Å². The third-order valence-corrected chi connectivity index (χ3v) is 5.52. The fraction of sp³-hybridized carbons (Fsp3) is 0.263. The highest BCUT2D eigenvalue weighted by Gasteiger charge is 2.34. The van der Waals surface area contributed by atoms with Crippen molar-refractivity contribution in [1.29, 1.82) is 0 Å². The van der Waals surface area contributed by atoms with Crippen molar-refractivity contribution in [2.75, 3.05) is 37.5 Å². The number of rotatable bonds is 5. The van der Waals surface area contributed by atoms with E-state index in [0.29, 0.717) is 13.1 Å². The maximum absolute atomic E-state index is 12.4. The quantitative estimate of drug-likeness (QED) is 0.747. The van der Waals surface area contributed by atoms with E-state index in [1.807, 2.05) is 42.5 Å². The number of aromatic nitrogens is 1. The average Bonchev–Trinajstić information content (AvgIpc) is 3.02. The molecule has 6 nitrogen and oxygen atoms in total. The van der Waals surface area contributed by atoms with Gasteiger partial charge in [0.2, 0.25) is 5.91 Å². The van der Waals surface area contributed by atoms with Gasteiger partial charge in [0.25, 0.3) is 0 Å². The first-order valence-corrected chi connectivity index (χ1v) is 9.12. The molecule has 4 rings (SSSR count). The summed E-state index contributed by atoms with van der Waals surface area (Å²) in [5.41, 5.74) is 1.70. The molecule has 1 aliphatic heterocycles. The number of carbonyl (C=O) groups excluding carboxylic acids is 1. The Morgan fingerprint density at radius 3 is 2.69 bits per heavy atom. The number of anilines is 2. The van der Waals surface area contributed by atoms with Gasteiger partial charge in [0.1, 0.15) is 11.5 Å². The molecule has 3 aromatic rings. The predicted molar refractivity (Wildman–Crippen MR) is 103 cm³/mol. The first-order valence-electron chi connectivity index (χ1n) is 8.30. The number of thiazole rings is 1. The standard InChI is InChI=1S/C19H19N3O3S/c1-24-14-5-3-4-13(8-14)20-18(23)12-10-22(11-12)19-21-16-7-6-15(25-2)9-17(16)26-19/h3-9,12H,10-11H2,1-2H3,(H,20,23). The molecule has 2 aromatic carbocycles. The third-order valence-electron chi connectivity index (χ3n) is 4.44. The Labute approximate surface area is 155 Å². The molecule has 0 saturated carbocycles. The van der Waals surface area contributed by atoms with Crippen LogP contribution in [0.3, 0.4) is 0 Å². The first kappa shape index (κ1) is 16.7. The summed E-state index contributed by atoms with van der Waals surface area (Å²) in [6.07, 6.45) is 0. The number of methoxy groups -OCH3 is 2. The zero-order valence-corrected chi connectivity index (χ0v) is 15.4. The van der Waals surface area contributed by atoms with Gasteiger partial charge in [-0.3, -0.25) is 4.79 Å². The second kappa shape index (κ2) is 6.84. The van der Waals surface area contributed by atoms with Crippen LogP contribution >= 0.6 is 11.3 Å². The van der Waals surface area contributed by atoms with Crippen LogP contribution in [0.15, 0.2) is 42.5 Å². The van der Waals surface area contributed by atoms with Crippen LogP contribution < -0.4 is 19.7 Å². The lowest BCUT2D eigenvalue weighted by atomic mass is 10.00. The number of benzene rings is 2. The Kier molecular flexibility index (Phi) is 4.38.